The van der Waals surface area contributed by atoms with Crippen molar-refractivity contribution in [3.63, 3.8) is 0 Å². The highest BCUT2D eigenvalue weighted by molar-refractivity contribution is 9.10. The third-order valence-corrected chi connectivity index (χ3v) is 4.68. The summed E-state index contributed by atoms with van der Waals surface area (Å²) in [4.78, 5) is 24.9. The van der Waals surface area contributed by atoms with Crippen molar-refractivity contribution in [2.45, 2.75) is 57.2 Å². The van der Waals surface area contributed by atoms with Crippen molar-refractivity contribution in [2.75, 3.05) is 11.9 Å². The molecular weight excluding hydrogens is 370 g/mol. The number of amides is 1. The molecule has 1 aromatic carbocycles. The van der Waals surface area contributed by atoms with Crippen molar-refractivity contribution in [3.8, 4) is 5.75 Å². The monoisotopic (exact) mass is 395 g/mol. The van der Waals surface area contributed by atoms with Crippen LogP contribution in [-0.4, -0.2) is 22.6 Å². The fourth-order valence-electron chi connectivity index (χ4n) is 2.98. The molecule has 0 aromatic heterocycles. The Kier molecular flexibility index (Phi) is 6.44. The lowest BCUT2D eigenvalue weighted by Crippen LogP contribution is -2.26. The molecule has 0 aliphatic heterocycles. The number of ketones is 1. The zero-order valence-electron chi connectivity index (χ0n) is 14.7. The molecular formula is C19H26BrNO3. The molecule has 1 amide bonds. The average molecular weight is 396 g/mol. The predicted molar refractivity (Wildman–Crippen MR) is 100 cm³/mol. The van der Waals surface area contributed by atoms with Crippen LogP contribution >= 0.6 is 15.9 Å². The van der Waals surface area contributed by atoms with Gasteiger partial charge in [-0.3, -0.25) is 9.59 Å². The second-order valence-corrected chi connectivity index (χ2v) is 8.75. The van der Waals surface area contributed by atoms with Gasteiger partial charge in [0.2, 0.25) is 5.91 Å². The maximum Gasteiger partial charge on any atom is 0.227 e. The Morgan fingerprint density at radius 1 is 1.25 bits per heavy atom. The number of carbonyl (C=O) groups is 2. The van der Waals surface area contributed by atoms with Gasteiger partial charge in [0.25, 0.3) is 0 Å². The van der Waals surface area contributed by atoms with Crippen molar-refractivity contribution < 1.29 is 14.3 Å². The molecule has 1 aromatic rings. The summed E-state index contributed by atoms with van der Waals surface area (Å²) in [5, 5.41) is 2.98. The summed E-state index contributed by atoms with van der Waals surface area (Å²) in [5.41, 5.74) is 1.20. The van der Waals surface area contributed by atoms with Gasteiger partial charge in [-0.1, -0.05) is 35.2 Å². The average Bonchev–Trinajstić information content (AvgIpc) is 2.56. The van der Waals surface area contributed by atoms with E-state index in [9.17, 15) is 9.59 Å². The van der Waals surface area contributed by atoms with Gasteiger partial charge in [-0.2, -0.15) is 0 Å². The van der Waals surface area contributed by atoms with Crippen LogP contribution in [0, 0.1) is 5.92 Å². The Bertz CT molecular complexity index is 601. The Balaban J connectivity index is 2.19. The minimum absolute atomic E-state index is 0.0198. The van der Waals surface area contributed by atoms with Gasteiger partial charge < -0.3 is 10.1 Å². The molecule has 132 valence electrons. The number of hydrogen-bond acceptors (Lipinski definition) is 3. The zero-order valence-corrected chi connectivity index (χ0v) is 16.2. The summed E-state index contributed by atoms with van der Waals surface area (Å²) in [7, 11) is 0. The maximum absolute atomic E-state index is 12.5. The molecule has 0 spiro atoms. The first-order valence-corrected chi connectivity index (χ1v) is 9.43. The minimum atomic E-state index is -0.636. The molecule has 0 bridgehead atoms. The molecule has 1 saturated carbocycles. The van der Waals surface area contributed by atoms with Gasteiger partial charge in [0.1, 0.15) is 5.75 Å². The van der Waals surface area contributed by atoms with E-state index in [0.717, 1.165) is 25.7 Å². The molecule has 5 heteroatoms. The van der Waals surface area contributed by atoms with E-state index in [2.05, 4.69) is 21.2 Å². The summed E-state index contributed by atoms with van der Waals surface area (Å²) >= 11 is 3.40. The van der Waals surface area contributed by atoms with E-state index < -0.39 is 4.32 Å². The van der Waals surface area contributed by atoms with Crippen molar-refractivity contribution in [3.05, 3.63) is 23.8 Å². The third-order valence-electron chi connectivity index (χ3n) is 4.32. The molecule has 0 radical (unpaired) electrons. The fourth-order valence-corrected chi connectivity index (χ4v) is 3.21. The van der Waals surface area contributed by atoms with Crippen LogP contribution in [0.2, 0.25) is 0 Å². The molecule has 0 unspecified atom stereocenters. The lowest BCUT2D eigenvalue weighted by Gasteiger charge is -2.22. The van der Waals surface area contributed by atoms with Gasteiger partial charge in [-0.05, 0) is 51.8 Å². The summed E-state index contributed by atoms with van der Waals surface area (Å²) < 4.78 is 5.01. The van der Waals surface area contributed by atoms with Crippen molar-refractivity contribution >= 4 is 33.3 Å². The summed E-state index contributed by atoms with van der Waals surface area (Å²) in [6, 6.07) is 5.22. The largest absolute Gasteiger partial charge is 0.492 e. The number of anilines is 1. The van der Waals surface area contributed by atoms with E-state index >= 15 is 0 Å². The van der Waals surface area contributed by atoms with Gasteiger partial charge in [0.15, 0.2) is 5.78 Å². The number of nitrogens with one attached hydrogen (secondary N) is 1. The number of halogens is 1. The van der Waals surface area contributed by atoms with Gasteiger partial charge >= 0.3 is 0 Å². The number of carbonyl (C=O) groups excluding carboxylic acids is 2. The zero-order chi connectivity index (χ0) is 17.7. The number of alkyl halides is 1. The van der Waals surface area contributed by atoms with Crippen LogP contribution in [0.5, 0.6) is 5.75 Å². The number of Topliss-reactive ketones (excluding diaryl/α,β-unsaturated/α-hetero) is 1. The maximum atomic E-state index is 12.5. The van der Waals surface area contributed by atoms with Crippen molar-refractivity contribution in [2.24, 2.45) is 5.92 Å². The van der Waals surface area contributed by atoms with Crippen LogP contribution in [0.25, 0.3) is 0 Å². The Morgan fingerprint density at radius 2 is 1.92 bits per heavy atom. The highest BCUT2D eigenvalue weighted by Gasteiger charge is 2.26. The van der Waals surface area contributed by atoms with Crippen LogP contribution in [-0.2, 0) is 4.79 Å². The van der Waals surface area contributed by atoms with Crippen molar-refractivity contribution in [1.29, 1.82) is 0 Å². The smallest absolute Gasteiger partial charge is 0.227 e. The molecule has 0 saturated heterocycles. The van der Waals surface area contributed by atoms with Gasteiger partial charge in [-0.15, -0.1) is 0 Å². The lowest BCUT2D eigenvalue weighted by atomic mass is 9.88. The van der Waals surface area contributed by atoms with Crippen LogP contribution < -0.4 is 10.1 Å². The number of ether oxygens (including phenoxy) is 1. The summed E-state index contributed by atoms with van der Waals surface area (Å²) in [6.45, 7) is 5.99. The quantitative estimate of drug-likeness (QED) is 0.546. The van der Waals surface area contributed by atoms with E-state index in [1.54, 1.807) is 18.2 Å². The first kappa shape index (κ1) is 19.0. The fraction of sp³-hybridized carbons (Fsp3) is 0.579. The van der Waals surface area contributed by atoms with Crippen LogP contribution in [0.1, 0.15) is 63.2 Å². The molecule has 0 heterocycles. The Morgan fingerprint density at radius 3 is 2.50 bits per heavy atom. The first-order valence-electron chi connectivity index (χ1n) is 8.64. The van der Waals surface area contributed by atoms with E-state index in [1.165, 1.54) is 6.42 Å². The predicted octanol–water partition coefficient (Wildman–Crippen LogP) is 4.96. The highest BCUT2D eigenvalue weighted by Crippen LogP contribution is 2.31. The van der Waals surface area contributed by atoms with Gasteiger partial charge in [-0.25, -0.2) is 0 Å². The van der Waals surface area contributed by atoms with E-state index in [0.29, 0.717) is 23.6 Å². The second-order valence-electron chi connectivity index (χ2n) is 6.77. The molecule has 2 rings (SSSR count). The van der Waals surface area contributed by atoms with E-state index in [4.69, 9.17) is 4.74 Å². The molecule has 1 aliphatic rings. The number of rotatable bonds is 6. The highest BCUT2D eigenvalue weighted by atomic mass is 79.9. The van der Waals surface area contributed by atoms with Crippen molar-refractivity contribution in [1.82, 2.24) is 0 Å². The molecule has 4 nitrogen and oxygen atoms in total. The topological polar surface area (TPSA) is 55.4 Å². The van der Waals surface area contributed by atoms with Gasteiger partial charge in [0, 0.05) is 11.5 Å². The molecule has 1 fully saturated rings. The molecule has 1 aliphatic carbocycles. The lowest BCUT2D eigenvalue weighted by molar-refractivity contribution is -0.120. The Hall–Kier alpha value is -1.36. The van der Waals surface area contributed by atoms with Crippen LogP contribution in [0.4, 0.5) is 5.69 Å². The van der Waals surface area contributed by atoms with Gasteiger partial charge in [0.05, 0.1) is 16.6 Å². The van der Waals surface area contributed by atoms with E-state index in [-0.39, 0.29) is 17.6 Å². The summed E-state index contributed by atoms with van der Waals surface area (Å²) in [6.07, 6.45) is 5.34. The third kappa shape index (κ3) is 4.82. The molecule has 24 heavy (non-hydrogen) atoms. The van der Waals surface area contributed by atoms with Crippen LogP contribution in [0.15, 0.2) is 18.2 Å². The standard InChI is InChI=1S/C19H26BrNO3/c1-4-24-16-12-14(17(22)19(2,3)20)10-11-15(16)21-18(23)13-8-6-5-7-9-13/h10-13H,4-9H2,1-3H3,(H,21,23). The number of hydrogen-bond donors (Lipinski definition) is 1. The SMILES string of the molecule is CCOc1cc(C(=O)C(C)(C)Br)ccc1NC(=O)C1CCCCC1. The summed E-state index contributed by atoms with van der Waals surface area (Å²) in [5.74, 6) is 0.657. The molecule has 0 atom stereocenters. The minimum Gasteiger partial charge on any atom is -0.492 e. The number of benzene rings is 1. The first-order chi connectivity index (χ1) is 11.3. The van der Waals surface area contributed by atoms with Crippen LogP contribution in [0.3, 0.4) is 0 Å². The second kappa shape index (κ2) is 8.15. The van der Waals surface area contributed by atoms with E-state index in [1.807, 2.05) is 20.8 Å². The Labute approximate surface area is 152 Å². The molecule has 1 N–H and O–H groups in total. The normalized spacial score (nSPS) is 15.8.